The quantitative estimate of drug-likeness (QED) is 0.396. The molecule has 0 aromatic heterocycles. The number of nitrogens with two attached hydrogens (primary N) is 1. The minimum atomic E-state index is -0.652. The maximum atomic E-state index is 6.82. The Morgan fingerprint density at radius 1 is 0.792 bits per heavy atom. The molecule has 0 saturated heterocycles. The number of hydrogen-bond acceptors (Lipinski definition) is 5. The molecule has 0 radical (unpaired) electrons. The van der Waals surface area contributed by atoms with Gasteiger partial charge in [0.15, 0.2) is 0 Å². The van der Waals surface area contributed by atoms with Crippen molar-refractivity contribution in [3.63, 3.8) is 0 Å². The molecule has 0 rings (SSSR count). The van der Waals surface area contributed by atoms with Crippen LogP contribution in [0.2, 0.25) is 0 Å². The first-order valence-corrected chi connectivity index (χ1v) is 11.0. The first-order valence-electron chi connectivity index (χ1n) is 9.04. The average Bonchev–Trinajstić information content (AvgIpc) is 2.55. The molecule has 2 N–H and O–H groups in total. The van der Waals surface area contributed by atoms with E-state index in [0.717, 1.165) is 33.3 Å². The van der Waals surface area contributed by atoms with Crippen LogP contribution in [0.5, 0.6) is 0 Å². The van der Waals surface area contributed by atoms with E-state index < -0.39 is 21.7 Å². The zero-order valence-electron chi connectivity index (χ0n) is 17.6. The third kappa shape index (κ3) is 4.69. The topological polar surface area (TPSA) is 62.9 Å². The monoisotopic (exact) mass is 379 g/mol. The SMILES string of the molecule is CCCOC([SiH3])(OC)C(C)(C)C(N)C(C)(C)C([SiH3])(OC)OCCC. The van der Waals surface area contributed by atoms with Gasteiger partial charge in [-0.3, -0.25) is 0 Å². The second-order valence-corrected chi connectivity index (χ2v) is 10.6. The van der Waals surface area contributed by atoms with Crippen molar-refractivity contribution in [2.45, 2.75) is 71.2 Å². The van der Waals surface area contributed by atoms with Gasteiger partial charge in [-0.1, -0.05) is 41.5 Å². The van der Waals surface area contributed by atoms with E-state index in [1.54, 1.807) is 14.2 Å². The van der Waals surface area contributed by atoms with Crippen molar-refractivity contribution in [2.75, 3.05) is 27.4 Å². The molecular formula is C17H41NO4Si2. The highest BCUT2D eigenvalue weighted by Crippen LogP contribution is 2.46. The predicted octanol–water partition coefficient (Wildman–Crippen LogP) is 0.551. The van der Waals surface area contributed by atoms with Crippen molar-refractivity contribution in [2.24, 2.45) is 16.6 Å². The van der Waals surface area contributed by atoms with Crippen LogP contribution < -0.4 is 5.73 Å². The summed E-state index contributed by atoms with van der Waals surface area (Å²) in [5, 5.41) is 0. The Balaban J connectivity index is 5.69. The summed E-state index contributed by atoms with van der Waals surface area (Å²) in [7, 11) is 4.86. The molecular weight excluding hydrogens is 338 g/mol. The number of hydrogen-bond donors (Lipinski definition) is 1. The van der Waals surface area contributed by atoms with Crippen LogP contribution in [0, 0.1) is 10.8 Å². The molecule has 0 saturated carbocycles. The van der Waals surface area contributed by atoms with Gasteiger partial charge in [0, 0.05) is 44.3 Å². The van der Waals surface area contributed by atoms with Crippen molar-refractivity contribution < 1.29 is 18.9 Å². The van der Waals surface area contributed by atoms with Crippen molar-refractivity contribution in [3.8, 4) is 0 Å². The van der Waals surface area contributed by atoms with Gasteiger partial charge >= 0.3 is 0 Å². The highest BCUT2D eigenvalue weighted by atomic mass is 28.2. The third-order valence-corrected chi connectivity index (χ3v) is 9.81. The molecule has 0 aromatic carbocycles. The molecule has 146 valence electrons. The Morgan fingerprint density at radius 2 is 1.08 bits per heavy atom. The van der Waals surface area contributed by atoms with Crippen LogP contribution in [0.3, 0.4) is 0 Å². The molecule has 0 amide bonds. The van der Waals surface area contributed by atoms with Gasteiger partial charge in [-0.25, -0.2) is 0 Å². The number of ether oxygens (including phenoxy) is 4. The highest BCUT2D eigenvalue weighted by Gasteiger charge is 2.56. The molecule has 0 spiro atoms. The molecule has 2 unspecified atom stereocenters. The molecule has 24 heavy (non-hydrogen) atoms. The maximum absolute atomic E-state index is 6.82. The Morgan fingerprint density at radius 3 is 1.29 bits per heavy atom. The fourth-order valence-corrected chi connectivity index (χ4v) is 4.11. The van der Waals surface area contributed by atoms with Gasteiger partial charge in [0.05, 0.1) is 20.5 Å². The first kappa shape index (κ1) is 24.2. The van der Waals surface area contributed by atoms with E-state index in [9.17, 15) is 0 Å². The molecule has 0 aliphatic heterocycles. The molecule has 2 atom stereocenters. The largest absolute Gasteiger partial charge is 0.357 e. The summed E-state index contributed by atoms with van der Waals surface area (Å²) in [6, 6.07) is -0.228. The van der Waals surface area contributed by atoms with E-state index in [2.05, 4.69) is 41.5 Å². The van der Waals surface area contributed by atoms with Gasteiger partial charge in [0.1, 0.15) is 10.8 Å². The van der Waals surface area contributed by atoms with E-state index in [-0.39, 0.29) is 6.04 Å². The van der Waals surface area contributed by atoms with Crippen LogP contribution in [0.1, 0.15) is 54.4 Å². The lowest BCUT2D eigenvalue weighted by Crippen LogP contribution is -2.68. The number of methoxy groups -OCH3 is 2. The van der Waals surface area contributed by atoms with Gasteiger partial charge in [0.25, 0.3) is 0 Å². The second kappa shape index (κ2) is 9.25. The van der Waals surface area contributed by atoms with Crippen LogP contribution >= 0.6 is 0 Å². The van der Waals surface area contributed by atoms with Crippen molar-refractivity contribution in [1.29, 1.82) is 0 Å². The van der Waals surface area contributed by atoms with Crippen molar-refractivity contribution in [3.05, 3.63) is 0 Å². The van der Waals surface area contributed by atoms with Gasteiger partial charge in [-0.05, 0) is 12.8 Å². The van der Waals surface area contributed by atoms with Gasteiger partial charge in [-0.15, -0.1) is 0 Å². The van der Waals surface area contributed by atoms with Crippen molar-refractivity contribution in [1.82, 2.24) is 0 Å². The van der Waals surface area contributed by atoms with Crippen LogP contribution in [0.25, 0.3) is 0 Å². The Hall–Kier alpha value is 0.234. The molecule has 0 bridgehead atoms. The van der Waals surface area contributed by atoms with Gasteiger partial charge < -0.3 is 24.7 Å². The summed E-state index contributed by atoms with van der Waals surface area (Å²) >= 11 is 0. The fourth-order valence-electron chi connectivity index (χ4n) is 3.08. The zero-order chi connectivity index (χ0) is 19.2. The minimum Gasteiger partial charge on any atom is -0.357 e. The first-order chi connectivity index (χ1) is 10.9. The Labute approximate surface area is 155 Å². The van der Waals surface area contributed by atoms with Crippen molar-refractivity contribution >= 4 is 20.5 Å². The van der Waals surface area contributed by atoms with E-state index >= 15 is 0 Å². The standard InChI is InChI=1S/C17H41NO4Si2/c1-9-11-21-16(23,19-7)14(3,4)13(18)15(5,6)17(24,20-8)22-12-10-2/h13H,9-12,18H2,1-8,23-24H3. The van der Waals surface area contributed by atoms with Gasteiger partial charge in [0.2, 0.25) is 0 Å². The zero-order valence-corrected chi connectivity index (χ0v) is 21.6. The van der Waals surface area contributed by atoms with Crippen LogP contribution in [-0.4, -0.2) is 64.8 Å². The molecule has 0 aromatic rings. The lowest BCUT2D eigenvalue weighted by molar-refractivity contribution is -0.267. The summed E-state index contributed by atoms with van der Waals surface area (Å²) in [6.07, 6.45) is 1.90. The van der Waals surface area contributed by atoms with E-state index in [4.69, 9.17) is 24.7 Å². The summed E-state index contributed by atoms with van der Waals surface area (Å²) in [4.78, 5) is 0. The summed E-state index contributed by atoms with van der Waals surface area (Å²) in [5.74, 6) is 0. The minimum absolute atomic E-state index is 0.228. The summed E-state index contributed by atoms with van der Waals surface area (Å²) < 4.78 is 23.9. The van der Waals surface area contributed by atoms with Crippen LogP contribution in [0.15, 0.2) is 0 Å². The van der Waals surface area contributed by atoms with E-state index in [1.165, 1.54) is 0 Å². The fraction of sp³-hybridized carbons (Fsp3) is 1.00. The molecule has 5 nitrogen and oxygen atoms in total. The molecule has 0 aliphatic carbocycles. The van der Waals surface area contributed by atoms with E-state index in [0.29, 0.717) is 13.2 Å². The molecule has 0 aliphatic rings. The van der Waals surface area contributed by atoms with Crippen LogP contribution in [0.4, 0.5) is 0 Å². The van der Waals surface area contributed by atoms with E-state index in [1.807, 2.05) is 0 Å². The lowest BCUT2D eigenvalue weighted by atomic mass is 9.68. The maximum Gasteiger partial charge on any atom is 0.147 e. The normalized spacial score (nSPS) is 19.9. The third-order valence-electron chi connectivity index (χ3n) is 5.84. The molecule has 0 fully saturated rings. The Bertz CT molecular complexity index is 348. The second-order valence-electron chi connectivity index (χ2n) is 7.92. The number of rotatable bonds is 12. The highest BCUT2D eigenvalue weighted by molar-refractivity contribution is 6.14. The lowest BCUT2D eigenvalue weighted by Gasteiger charge is -2.55. The smallest absolute Gasteiger partial charge is 0.147 e. The average molecular weight is 380 g/mol. The predicted molar refractivity (Wildman–Crippen MR) is 107 cm³/mol. The Kier molecular flexibility index (Phi) is 9.34. The molecule has 7 heteroatoms. The summed E-state index contributed by atoms with van der Waals surface area (Å²) in [6.45, 7) is 14.0. The summed E-state index contributed by atoms with van der Waals surface area (Å²) in [5.41, 5.74) is 4.73. The van der Waals surface area contributed by atoms with Crippen LogP contribution in [-0.2, 0) is 18.9 Å². The molecule has 0 heterocycles. The van der Waals surface area contributed by atoms with Gasteiger partial charge in [-0.2, -0.15) is 0 Å².